The molecule has 0 atom stereocenters. The molecule has 1 aliphatic heterocycles. The van der Waals surface area contributed by atoms with Crippen molar-refractivity contribution in [3.05, 3.63) is 83.2 Å². The van der Waals surface area contributed by atoms with Crippen LogP contribution in [0.25, 0.3) is 16.6 Å². The summed E-state index contributed by atoms with van der Waals surface area (Å²) in [7, 11) is 0. The minimum atomic E-state index is -0.253. The molecule has 0 saturated carbocycles. The number of thioether (sulfide) groups is 1. The van der Waals surface area contributed by atoms with E-state index in [0.29, 0.717) is 45.5 Å². The van der Waals surface area contributed by atoms with Gasteiger partial charge in [0.2, 0.25) is 11.8 Å². The lowest BCUT2D eigenvalue weighted by atomic mass is 10.2. The van der Waals surface area contributed by atoms with Crippen LogP contribution in [0, 0.1) is 0 Å². The molecule has 176 valence electrons. The highest BCUT2D eigenvalue weighted by molar-refractivity contribution is 7.99. The van der Waals surface area contributed by atoms with Crippen LogP contribution in [0.4, 0.5) is 11.4 Å². The number of hydrogen-bond acceptors (Lipinski definition) is 6. The van der Waals surface area contributed by atoms with Crippen LogP contribution in [0.3, 0.4) is 0 Å². The number of rotatable bonds is 6. The molecule has 2 amide bonds. The maximum absolute atomic E-state index is 13.4. The Kier molecular flexibility index (Phi) is 6.24. The molecule has 5 rings (SSSR count). The Morgan fingerprint density at radius 3 is 2.57 bits per heavy atom. The Labute approximate surface area is 205 Å². The zero-order valence-corrected chi connectivity index (χ0v) is 19.7. The molecule has 1 N–H and O–H groups in total. The van der Waals surface area contributed by atoms with Crippen molar-refractivity contribution in [2.24, 2.45) is 0 Å². The lowest BCUT2D eigenvalue weighted by Gasteiger charge is -2.29. The molecule has 0 spiro atoms. The summed E-state index contributed by atoms with van der Waals surface area (Å²) in [6.45, 7) is 2.38. The second-order valence-corrected chi connectivity index (χ2v) is 8.76. The lowest BCUT2D eigenvalue weighted by Crippen LogP contribution is -2.43. The quantitative estimate of drug-likeness (QED) is 0.329. The van der Waals surface area contributed by atoms with E-state index < -0.39 is 0 Å². The molecule has 0 aliphatic carbocycles. The highest BCUT2D eigenvalue weighted by Crippen LogP contribution is 2.30. The summed E-state index contributed by atoms with van der Waals surface area (Å²) in [5.74, 6) is 0.197. The van der Waals surface area contributed by atoms with Gasteiger partial charge in [-0.15, -0.1) is 0 Å². The summed E-state index contributed by atoms with van der Waals surface area (Å²) in [6, 6.07) is 21.5. The van der Waals surface area contributed by atoms with Crippen LogP contribution in [-0.4, -0.2) is 40.3 Å². The minimum absolute atomic E-state index is 0.00340. The molecule has 1 aliphatic rings. The first-order chi connectivity index (χ1) is 17.0. The van der Waals surface area contributed by atoms with Crippen LogP contribution >= 0.6 is 11.8 Å². The van der Waals surface area contributed by atoms with Crippen molar-refractivity contribution in [1.29, 1.82) is 0 Å². The molecule has 2 heterocycles. The van der Waals surface area contributed by atoms with Gasteiger partial charge in [-0.3, -0.25) is 19.0 Å². The van der Waals surface area contributed by atoms with E-state index in [0.717, 1.165) is 11.8 Å². The summed E-state index contributed by atoms with van der Waals surface area (Å²) in [4.78, 5) is 44.9. The predicted molar refractivity (Wildman–Crippen MR) is 137 cm³/mol. The van der Waals surface area contributed by atoms with Gasteiger partial charge in [0.25, 0.3) is 5.56 Å². The first-order valence-corrected chi connectivity index (χ1v) is 12.1. The molecule has 9 heteroatoms. The second-order valence-electron chi connectivity index (χ2n) is 7.81. The number of nitrogens with one attached hydrogen (secondary N) is 1. The van der Waals surface area contributed by atoms with Gasteiger partial charge in [0.05, 0.1) is 40.3 Å². The van der Waals surface area contributed by atoms with Crippen LogP contribution in [0.15, 0.2) is 82.7 Å². The van der Waals surface area contributed by atoms with E-state index in [-0.39, 0.29) is 29.7 Å². The smallest absolute Gasteiger partial charge is 0.266 e. The maximum atomic E-state index is 13.4. The highest BCUT2D eigenvalue weighted by Gasteiger charge is 2.27. The lowest BCUT2D eigenvalue weighted by molar-refractivity contribution is -0.120. The Balaban J connectivity index is 1.49. The van der Waals surface area contributed by atoms with Gasteiger partial charge in [0.1, 0.15) is 12.3 Å². The third kappa shape index (κ3) is 4.50. The highest BCUT2D eigenvalue weighted by atomic mass is 32.2. The van der Waals surface area contributed by atoms with E-state index >= 15 is 0 Å². The molecular formula is C26H22N4O4S. The van der Waals surface area contributed by atoms with Gasteiger partial charge in [-0.1, -0.05) is 36.0 Å². The molecule has 4 aromatic rings. The van der Waals surface area contributed by atoms with Crippen molar-refractivity contribution in [1.82, 2.24) is 9.55 Å². The molecule has 0 fully saturated rings. The van der Waals surface area contributed by atoms with Crippen molar-refractivity contribution in [3.8, 4) is 11.4 Å². The first-order valence-electron chi connectivity index (χ1n) is 11.1. The van der Waals surface area contributed by atoms with Crippen LogP contribution < -0.4 is 20.5 Å². The molecule has 0 bridgehead atoms. The molecule has 35 heavy (non-hydrogen) atoms. The van der Waals surface area contributed by atoms with E-state index in [9.17, 15) is 14.4 Å². The number of nitrogens with zero attached hydrogens (tertiary/aromatic N) is 3. The second kappa shape index (κ2) is 9.63. The van der Waals surface area contributed by atoms with Crippen molar-refractivity contribution >= 4 is 45.9 Å². The summed E-state index contributed by atoms with van der Waals surface area (Å²) in [5.41, 5.74) is 2.19. The number of benzene rings is 3. The number of amides is 2. The van der Waals surface area contributed by atoms with Crippen LogP contribution in [0.1, 0.15) is 6.92 Å². The normalized spacial score (nSPS) is 12.8. The Bertz CT molecular complexity index is 1480. The molecule has 0 unspecified atom stereocenters. The van der Waals surface area contributed by atoms with Crippen molar-refractivity contribution in [2.75, 3.05) is 29.1 Å². The van der Waals surface area contributed by atoms with Gasteiger partial charge in [-0.2, -0.15) is 0 Å². The number of hydrogen-bond donors (Lipinski definition) is 1. The number of carbonyl (C=O) groups is 2. The number of ether oxygens (including phenoxy) is 1. The van der Waals surface area contributed by atoms with Gasteiger partial charge in [0, 0.05) is 0 Å². The fourth-order valence-corrected chi connectivity index (χ4v) is 4.84. The van der Waals surface area contributed by atoms with Crippen molar-refractivity contribution in [2.45, 2.75) is 12.1 Å². The van der Waals surface area contributed by atoms with Crippen LogP contribution in [0.2, 0.25) is 0 Å². The largest absolute Gasteiger partial charge is 0.494 e. The van der Waals surface area contributed by atoms with Gasteiger partial charge >= 0.3 is 0 Å². The average Bonchev–Trinajstić information content (AvgIpc) is 2.88. The number of aromatic nitrogens is 2. The maximum Gasteiger partial charge on any atom is 0.266 e. The number of anilines is 2. The van der Waals surface area contributed by atoms with E-state index in [1.165, 1.54) is 9.47 Å². The fraction of sp³-hybridized carbons (Fsp3) is 0.154. The Morgan fingerprint density at radius 2 is 1.77 bits per heavy atom. The predicted octanol–water partition coefficient (Wildman–Crippen LogP) is 3.86. The van der Waals surface area contributed by atoms with E-state index in [1.54, 1.807) is 60.7 Å². The SMILES string of the molecule is CCOc1ccc(-n2c(SCC(=O)N3CC(=O)Nc4ccccc43)nc3ccccc3c2=O)cc1. The molecule has 3 aromatic carbocycles. The van der Waals surface area contributed by atoms with Gasteiger partial charge in [-0.25, -0.2) is 4.98 Å². The van der Waals surface area contributed by atoms with E-state index in [4.69, 9.17) is 9.72 Å². The topological polar surface area (TPSA) is 93.5 Å². The summed E-state index contributed by atoms with van der Waals surface area (Å²) in [6.07, 6.45) is 0. The summed E-state index contributed by atoms with van der Waals surface area (Å²) < 4.78 is 7.03. The third-order valence-corrected chi connectivity index (χ3v) is 6.47. The first kappa shape index (κ1) is 22.7. The molecular weight excluding hydrogens is 464 g/mol. The average molecular weight is 487 g/mol. The van der Waals surface area contributed by atoms with Crippen LogP contribution in [-0.2, 0) is 9.59 Å². The number of fused-ring (bicyclic) bond motifs is 2. The number of para-hydroxylation sites is 3. The molecule has 0 radical (unpaired) electrons. The molecule has 0 saturated heterocycles. The van der Waals surface area contributed by atoms with Crippen molar-refractivity contribution in [3.63, 3.8) is 0 Å². The monoisotopic (exact) mass is 486 g/mol. The minimum Gasteiger partial charge on any atom is -0.494 e. The summed E-state index contributed by atoms with van der Waals surface area (Å²) >= 11 is 1.16. The Hall–Kier alpha value is -4.11. The van der Waals surface area contributed by atoms with E-state index in [2.05, 4.69) is 5.32 Å². The standard InChI is InChI=1S/C26H22N4O4S/c1-2-34-18-13-11-17(12-14-18)30-25(33)19-7-3-4-8-20(19)28-26(30)35-16-24(32)29-15-23(31)27-21-9-5-6-10-22(21)29/h3-14H,2,15-16H2,1H3,(H,27,31). The summed E-state index contributed by atoms with van der Waals surface area (Å²) in [5, 5.41) is 3.66. The van der Waals surface area contributed by atoms with E-state index in [1.807, 2.05) is 19.1 Å². The fourth-order valence-electron chi connectivity index (χ4n) is 3.95. The third-order valence-electron chi connectivity index (χ3n) is 5.55. The van der Waals surface area contributed by atoms with Crippen LogP contribution in [0.5, 0.6) is 5.75 Å². The van der Waals surface area contributed by atoms with Crippen molar-refractivity contribution < 1.29 is 14.3 Å². The number of carbonyl (C=O) groups excluding carboxylic acids is 2. The zero-order valence-electron chi connectivity index (χ0n) is 18.9. The van der Waals surface area contributed by atoms with Gasteiger partial charge in [-0.05, 0) is 55.5 Å². The van der Waals surface area contributed by atoms with Gasteiger partial charge in [0.15, 0.2) is 5.16 Å². The molecule has 1 aromatic heterocycles. The zero-order chi connectivity index (χ0) is 24.4. The van der Waals surface area contributed by atoms with Gasteiger partial charge < -0.3 is 15.0 Å². The molecule has 8 nitrogen and oxygen atoms in total. The Morgan fingerprint density at radius 1 is 1.03 bits per heavy atom.